The van der Waals surface area contributed by atoms with Gasteiger partial charge in [0.05, 0.1) is 12.7 Å². The van der Waals surface area contributed by atoms with Gasteiger partial charge in [-0.05, 0) is 30.2 Å². The summed E-state index contributed by atoms with van der Waals surface area (Å²) in [6.45, 7) is 2.63. The van der Waals surface area contributed by atoms with Gasteiger partial charge in [-0.2, -0.15) is 0 Å². The van der Waals surface area contributed by atoms with Crippen molar-refractivity contribution in [3.63, 3.8) is 0 Å². The van der Waals surface area contributed by atoms with Crippen LogP contribution in [0.2, 0.25) is 0 Å². The van der Waals surface area contributed by atoms with Gasteiger partial charge in [0.1, 0.15) is 4.88 Å². The molecule has 1 saturated carbocycles. The Hall–Kier alpha value is -1.39. The van der Waals surface area contributed by atoms with Crippen LogP contribution in [0.4, 0.5) is 0 Å². The molecule has 1 aromatic heterocycles. The van der Waals surface area contributed by atoms with Crippen molar-refractivity contribution < 1.29 is 14.6 Å². The van der Waals surface area contributed by atoms with E-state index in [4.69, 9.17) is 4.74 Å². The second kappa shape index (κ2) is 6.16. The highest BCUT2D eigenvalue weighted by Crippen LogP contribution is 2.33. The van der Waals surface area contributed by atoms with E-state index in [0.29, 0.717) is 17.4 Å². The maximum Gasteiger partial charge on any atom is 0.346 e. The minimum Gasteiger partial charge on any atom is -0.477 e. The van der Waals surface area contributed by atoms with Gasteiger partial charge in [0, 0.05) is 10.3 Å². The van der Waals surface area contributed by atoms with Crippen molar-refractivity contribution in [2.24, 2.45) is 5.92 Å². The smallest absolute Gasteiger partial charge is 0.346 e. The van der Waals surface area contributed by atoms with Gasteiger partial charge >= 0.3 is 5.97 Å². The second-order valence-corrected chi connectivity index (χ2v) is 6.87. The van der Waals surface area contributed by atoms with E-state index in [2.05, 4.69) is 6.92 Å². The maximum absolute atomic E-state index is 11.5. The zero-order valence-electron chi connectivity index (χ0n) is 12.2. The summed E-state index contributed by atoms with van der Waals surface area (Å²) in [5, 5.41) is 10.4. The summed E-state index contributed by atoms with van der Waals surface area (Å²) in [5.41, 5.74) is 0.834. The largest absolute Gasteiger partial charge is 0.477 e. The summed E-state index contributed by atoms with van der Waals surface area (Å²) < 4.78 is 7.10. The van der Waals surface area contributed by atoms with E-state index in [1.165, 1.54) is 30.6 Å². The molecule has 0 radical (unpaired) electrons. The lowest BCUT2D eigenvalue weighted by atomic mass is 9.88. The van der Waals surface area contributed by atoms with Crippen molar-refractivity contribution in [1.82, 2.24) is 0 Å². The first kappa shape index (κ1) is 14.5. The number of rotatable bonds is 4. The van der Waals surface area contributed by atoms with E-state index < -0.39 is 5.97 Å². The molecule has 2 aromatic rings. The van der Waals surface area contributed by atoms with E-state index in [1.807, 2.05) is 24.3 Å². The van der Waals surface area contributed by atoms with E-state index in [1.54, 1.807) is 0 Å². The Balaban J connectivity index is 1.85. The maximum atomic E-state index is 11.5. The van der Waals surface area contributed by atoms with Gasteiger partial charge in [-0.25, -0.2) is 4.79 Å². The molecule has 1 N–H and O–H groups in total. The molecule has 4 heteroatoms. The van der Waals surface area contributed by atoms with Gasteiger partial charge in [-0.3, -0.25) is 0 Å². The molecule has 112 valence electrons. The summed E-state index contributed by atoms with van der Waals surface area (Å²) in [6.07, 6.45) is 5.06. The van der Waals surface area contributed by atoms with Crippen LogP contribution in [0, 0.1) is 5.92 Å². The lowest BCUT2D eigenvalue weighted by Crippen LogP contribution is -2.25. The van der Waals surface area contributed by atoms with Gasteiger partial charge in [-0.15, -0.1) is 11.3 Å². The minimum absolute atomic E-state index is 0.263. The Kier molecular flexibility index (Phi) is 4.27. The monoisotopic (exact) mass is 304 g/mol. The van der Waals surface area contributed by atoms with Gasteiger partial charge in [0.15, 0.2) is 0 Å². The van der Waals surface area contributed by atoms with E-state index >= 15 is 0 Å². The number of carbonyl (C=O) groups is 1. The Morgan fingerprint density at radius 2 is 2.10 bits per heavy atom. The first-order valence-corrected chi connectivity index (χ1v) is 8.33. The molecule has 1 aliphatic carbocycles. The van der Waals surface area contributed by atoms with Crippen LogP contribution in [0.15, 0.2) is 24.3 Å². The number of benzene rings is 1. The van der Waals surface area contributed by atoms with Crippen LogP contribution in [0.25, 0.3) is 10.1 Å². The van der Waals surface area contributed by atoms with Crippen molar-refractivity contribution in [2.75, 3.05) is 0 Å². The van der Waals surface area contributed by atoms with Crippen LogP contribution >= 0.6 is 11.3 Å². The fourth-order valence-corrected chi connectivity index (χ4v) is 4.18. The highest BCUT2D eigenvalue weighted by Gasteiger charge is 2.24. The third-order valence-corrected chi connectivity index (χ3v) is 5.57. The number of hydrogen-bond acceptors (Lipinski definition) is 3. The highest BCUT2D eigenvalue weighted by atomic mass is 32.1. The second-order valence-electron chi connectivity index (χ2n) is 5.82. The molecule has 3 nitrogen and oxygen atoms in total. The number of thiophene rings is 1. The van der Waals surface area contributed by atoms with E-state index in [0.717, 1.165) is 22.1 Å². The molecule has 1 aromatic carbocycles. The van der Waals surface area contributed by atoms with Crippen LogP contribution in [0.5, 0.6) is 0 Å². The molecule has 1 fully saturated rings. The molecule has 0 bridgehead atoms. The number of aromatic carboxylic acids is 1. The summed E-state index contributed by atoms with van der Waals surface area (Å²) in [5.74, 6) is -0.288. The molecule has 21 heavy (non-hydrogen) atoms. The summed E-state index contributed by atoms with van der Waals surface area (Å²) in [4.78, 5) is 11.9. The SMILES string of the molecule is CC1CCCCC1OCc1c(C(=O)O)sc2ccccc12. The molecule has 0 saturated heterocycles. The third kappa shape index (κ3) is 2.97. The average Bonchev–Trinajstić information content (AvgIpc) is 2.85. The molecule has 2 unspecified atom stereocenters. The van der Waals surface area contributed by atoms with Crippen LogP contribution in [0.3, 0.4) is 0 Å². The zero-order chi connectivity index (χ0) is 14.8. The lowest BCUT2D eigenvalue weighted by molar-refractivity contribution is -0.0152. The van der Waals surface area contributed by atoms with Crippen LogP contribution < -0.4 is 0 Å². The zero-order valence-corrected chi connectivity index (χ0v) is 13.0. The normalized spacial score (nSPS) is 22.5. The summed E-state index contributed by atoms with van der Waals surface area (Å²) in [7, 11) is 0. The standard InChI is InChI=1S/C17H20O3S/c1-11-6-2-4-8-14(11)20-10-13-12-7-3-5-9-15(12)21-16(13)17(18)19/h3,5,7,9,11,14H,2,4,6,8,10H2,1H3,(H,18,19). The van der Waals surface area contributed by atoms with Crippen molar-refractivity contribution in [1.29, 1.82) is 0 Å². The molecular weight excluding hydrogens is 284 g/mol. The van der Waals surface area contributed by atoms with Gasteiger partial charge in [-0.1, -0.05) is 38.0 Å². The predicted octanol–water partition coefficient (Wildman–Crippen LogP) is 4.69. The van der Waals surface area contributed by atoms with Crippen molar-refractivity contribution in [3.05, 3.63) is 34.7 Å². The molecule has 0 spiro atoms. The van der Waals surface area contributed by atoms with Crippen molar-refractivity contribution >= 4 is 27.4 Å². The number of carboxylic acids is 1. The molecular formula is C17H20O3S. The predicted molar refractivity (Wildman–Crippen MR) is 85.0 cm³/mol. The van der Waals surface area contributed by atoms with E-state index in [-0.39, 0.29) is 6.10 Å². The summed E-state index contributed by atoms with van der Waals surface area (Å²) >= 11 is 1.34. The number of fused-ring (bicyclic) bond motifs is 1. The molecule has 3 rings (SSSR count). The quantitative estimate of drug-likeness (QED) is 0.891. The molecule has 1 aliphatic rings. The molecule has 2 atom stereocenters. The summed E-state index contributed by atoms with van der Waals surface area (Å²) in [6, 6.07) is 7.85. The fourth-order valence-electron chi connectivity index (χ4n) is 3.14. The first-order valence-electron chi connectivity index (χ1n) is 7.52. The molecule has 0 amide bonds. The lowest BCUT2D eigenvalue weighted by Gasteiger charge is -2.28. The molecule has 1 heterocycles. The number of hydrogen-bond donors (Lipinski definition) is 1. The van der Waals surface area contributed by atoms with Crippen molar-refractivity contribution in [2.45, 2.75) is 45.3 Å². The molecule has 0 aliphatic heterocycles. The number of carboxylic acid groups (broad SMARTS) is 1. The van der Waals surface area contributed by atoms with Crippen LogP contribution in [0.1, 0.15) is 47.8 Å². The Morgan fingerprint density at radius 1 is 1.33 bits per heavy atom. The Bertz CT molecular complexity index is 647. The average molecular weight is 304 g/mol. The van der Waals surface area contributed by atoms with Gasteiger partial charge in [0.2, 0.25) is 0 Å². The topological polar surface area (TPSA) is 46.5 Å². The highest BCUT2D eigenvalue weighted by molar-refractivity contribution is 7.21. The fraction of sp³-hybridized carbons (Fsp3) is 0.471. The number of ether oxygens (including phenoxy) is 1. The Morgan fingerprint density at radius 3 is 2.86 bits per heavy atom. The van der Waals surface area contributed by atoms with Crippen LogP contribution in [-0.2, 0) is 11.3 Å². The first-order chi connectivity index (χ1) is 10.2. The van der Waals surface area contributed by atoms with Crippen molar-refractivity contribution in [3.8, 4) is 0 Å². The third-order valence-electron chi connectivity index (χ3n) is 4.37. The van der Waals surface area contributed by atoms with E-state index in [9.17, 15) is 9.90 Å². The minimum atomic E-state index is -0.855. The van der Waals surface area contributed by atoms with Gasteiger partial charge < -0.3 is 9.84 Å². The van der Waals surface area contributed by atoms with Crippen LogP contribution in [-0.4, -0.2) is 17.2 Å². The Labute approximate surface area is 128 Å². The van der Waals surface area contributed by atoms with Gasteiger partial charge in [0.25, 0.3) is 0 Å².